The molecule has 3 rings (SSSR count). The molecule has 0 aliphatic rings. The number of benzene rings is 1. The molecule has 25 heavy (non-hydrogen) atoms. The molecule has 1 aromatic carbocycles. The van der Waals surface area contributed by atoms with Crippen LogP contribution in [0.4, 0.5) is 5.69 Å². The van der Waals surface area contributed by atoms with Gasteiger partial charge >= 0.3 is 0 Å². The van der Waals surface area contributed by atoms with Crippen molar-refractivity contribution in [3.05, 3.63) is 64.7 Å². The molecule has 0 spiro atoms. The van der Waals surface area contributed by atoms with Gasteiger partial charge in [0.1, 0.15) is 0 Å². The van der Waals surface area contributed by atoms with Gasteiger partial charge in [0.2, 0.25) is 5.91 Å². The van der Waals surface area contributed by atoms with Crippen LogP contribution in [0.15, 0.2) is 54.2 Å². The molecule has 0 saturated heterocycles. The zero-order valence-corrected chi connectivity index (χ0v) is 15.2. The first-order chi connectivity index (χ1) is 12.1. The maximum atomic E-state index is 12.1. The Morgan fingerprint density at radius 2 is 2.00 bits per heavy atom. The van der Waals surface area contributed by atoms with Crippen LogP contribution in [-0.2, 0) is 11.2 Å². The predicted octanol–water partition coefficient (Wildman–Crippen LogP) is 4.90. The van der Waals surface area contributed by atoms with E-state index in [4.69, 9.17) is 0 Å². The summed E-state index contributed by atoms with van der Waals surface area (Å²) in [6.45, 7) is 4.31. The lowest BCUT2D eigenvalue weighted by Crippen LogP contribution is -2.12. The standard InChI is InChI=1S/C20H21N3OS/c1-14(2)15-5-7-17(8-6-15)22-19(24)9-10-20-23-18(13-25-20)16-4-3-11-21-12-16/h3-8,11-14H,9-10H2,1-2H3,(H,22,24). The van der Waals surface area contributed by atoms with Crippen LogP contribution >= 0.6 is 11.3 Å². The maximum absolute atomic E-state index is 12.1. The first kappa shape index (κ1) is 17.3. The number of thiazole rings is 1. The third-order valence-electron chi connectivity index (χ3n) is 3.94. The van der Waals surface area contributed by atoms with Gasteiger partial charge in [-0.25, -0.2) is 4.98 Å². The number of carbonyl (C=O) groups excluding carboxylic acids is 1. The molecule has 1 amide bonds. The van der Waals surface area contributed by atoms with E-state index in [2.05, 4.69) is 41.3 Å². The van der Waals surface area contributed by atoms with Crippen LogP contribution < -0.4 is 5.32 Å². The van der Waals surface area contributed by atoms with E-state index in [9.17, 15) is 4.79 Å². The maximum Gasteiger partial charge on any atom is 0.224 e. The molecule has 5 heteroatoms. The zero-order chi connectivity index (χ0) is 17.6. The molecule has 128 valence electrons. The second-order valence-corrected chi connectivity index (χ2v) is 7.14. The van der Waals surface area contributed by atoms with Crippen LogP contribution in [0.5, 0.6) is 0 Å². The van der Waals surface area contributed by atoms with Gasteiger partial charge < -0.3 is 5.32 Å². The molecular weight excluding hydrogens is 330 g/mol. The van der Waals surface area contributed by atoms with Crippen LogP contribution in [-0.4, -0.2) is 15.9 Å². The second kappa shape index (κ2) is 8.03. The lowest BCUT2D eigenvalue weighted by molar-refractivity contribution is -0.116. The summed E-state index contributed by atoms with van der Waals surface area (Å²) in [5, 5.41) is 5.92. The molecule has 2 aromatic heterocycles. The van der Waals surface area contributed by atoms with Crippen LogP contribution in [0.25, 0.3) is 11.3 Å². The molecule has 0 atom stereocenters. The van der Waals surface area contributed by atoms with Crippen LogP contribution in [0.1, 0.15) is 36.8 Å². The molecule has 4 nitrogen and oxygen atoms in total. The number of pyridine rings is 1. The Balaban J connectivity index is 1.53. The van der Waals surface area contributed by atoms with E-state index in [1.807, 2.05) is 29.6 Å². The van der Waals surface area contributed by atoms with E-state index < -0.39 is 0 Å². The van der Waals surface area contributed by atoms with Crippen molar-refractivity contribution in [2.45, 2.75) is 32.6 Å². The van der Waals surface area contributed by atoms with E-state index >= 15 is 0 Å². The molecule has 0 unspecified atom stereocenters. The highest BCUT2D eigenvalue weighted by Gasteiger charge is 2.08. The van der Waals surface area contributed by atoms with Gasteiger partial charge in [-0.3, -0.25) is 9.78 Å². The number of aryl methyl sites for hydroxylation is 1. The Labute approximate surface area is 152 Å². The lowest BCUT2D eigenvalue weighted by Gasteiger charge is -2.08. The summed E-state index contributed by atoms with van der Waals surface area (Å²) in [5.74, 6) is 0.499. The number of nitrogens with one attached hydrogen (secondary N) is 1. The highest BCUT2D eigenvalue weighted by atomic mass is 32.1. The Bertz CT molecular complexity index is 826. The molecule has 1 N–H and O–H groups in total. The predicted molar refractivity (Wildman–Crippen MR) is 103 cm³/mol. The average Bonchev–Trinajstić information content (AvgIpc) is 3.10. The summed E-state index contributed by atoms with van der Waals surface area (Å²) >= 11 is 1.58. The lowest BCUT2D eigenvalue weighted by atomic mass is 10.0. The minimum Gasteiger partial charge on any atom is -0.326 e. The largest absolute Gasteiger partial charge is 0.326 e. The Morgan fingerprint density at radius 3 is 2.68 bits per heavy atom. The SMILES string of the molecule is CC(C)c1ccc(NC(=O)CCc2nc(-c3cccnc3)cs2)cc1. The van der Waals surface area contributed by atoms with Gasteiger partial charge in [0.15, 0.2) is 0 Å². The number of rotatable bonds is 6. The average molecular weight is 351 g/mol. The molecule has 0 radical (unpaired) electrons. The van der Waals surface area contributed by atoms with Gasteiger partial charge in [-0.15, -0.1) is 11.3 Å². The van der Waals surface area contributed by atoms with Crippen LogP contribution in [0.2, 0.25) is 0 Å². The molecule has 3 aromatic rings. The molecule has 0 aliphatic carbocycles. The molecule has 0 saturated carbocycles. The Kier molecular flexibility index (Phi) is 5.56. The van der Waals surface area contributed by atoms with Crippen molar-refractivity contribution in [2.75, 3.05) is 5.32 Å². The van der Waals surface area contributed by atoms with Gasteiger partial charge in [-0.1, -0.05) is 26.0 Å². The van der Waals surface area contributed by atoms with Gasteiger partial charge in [0, 0.05) is 41.9 Å². The third-order valence-corrected chi connectivity index (χ3v) is 4.84. The fourth-order valence-electron chi connectivity index (χ4n) is 2.47. The highest BCUT2D eigenvalue weighted by molar-refractivity contribution is 7.09. The van der Waals surface area contributed by atoms with Crippen LogP contribution in [0, 0.1) is 0 Å². The van der Waals surface area contributed by atoms with Crippen molar-refractivity contribution in [2.24, 2.45) is 0 Å². The van der Waals surface area contributed by atoms with Crippen molar-refractivity contribution >= 4 is 22.9 Å². The van der Waals surface area contributed by atoms with E-state index in [0.29, 0.717) is 18.8 Å². The number of hydrogen-bond donors (Lipinski definition) is 1. The first-order valence-electron chi connectivity index (χ1n) is 8.36. The van der Waals surface area contributed by atoms with E-state index in [1.54, 1.807) is 23.7 Å². The normalized spacial score (nSPS) is 10.8. The summed E-state index contributed by atoms with van der Waals surface area (Å²) < 4.78 is 0. The Hall–Kier alpha value is -2.53. The summed E-state index contributed by atoms with van der Waals surface area (Å²) in [6, 6.07) is 11.9. The highest BCUT2D eigenvalue weighted by Crippen LogP contribution is 2.22. The Morgan fingerprint density at radius 1 is 1.20 bits per heavy atom. The van der Waals surface area contributed by atoms with Crippen molar-refractivity contribution < 1.29 is 4.79 Å². The molecule has 0 fully saturated rings. The minimum atomic E-state index is 0.00965. The summed E-state index contributed by atoms with van der Waals surface area (Å²) in [7, 11) is 0. The molecule has 0 bridgehead atoms. The zero-order valence-electron chi connectivity index (χ0n) is 14.4. The summed E-state index contributed by atoms with van der Waals surface area (Å²) in [6.07, 6.45) is 4.61. The van der Waals surface area contributed by atoms with Crippen molar-refractivity contribution in [3.63, 3.8) is 0 Å². The first-order valence-corrected chi connectivity index (χ1v) is 9.24. The van der Waals surface area contributed by atoms with Gasteiger partial charge in [-0.2, -0.15) is 0 Å². The molecule has 2 heterocycles. The summed E-state index contributed by atoms with van der Waals surface area (Å²) in [5.41, 5.74) is 4.02. The topological polar surface area (TPSA) is 54.9 Å². The number of nitrogens with zero attached hydrogens (tertiary/aromatic N) is 2. The number of hydrogen-bond acceptors (Lipinski definition) is 4. The smallest absolute Gasteiger partial charge is 0.224 e. The quantitative estimate of drug-likeness (QED) is 0.687. The van der Waals surface area contributed by atoms with E-state index in [1.165, 1.54) is 5.56 Å². The third kappa shape index (κ3) is 4.73. The van der Waals surface area contributed by atoms with Crippen molar-refractivity contribution in [3.8, 4) is 11.3 Å². The fourth-order valence-corrected chi connectivity index (χ4v) is 3.28. The monoisotopic (exact) mass is 351 g/mol. The number of aromatic nitrogens is 2. The van der Waals surface area contributed by atoms with Gasteiger partial charge in [-0.05, 0) is 35.7 Å². The van der Waals surface area contributed by atoms with Crippen molar-refractivity contribution in [1.82, 2.24) is 9.97 Å². The summed E-state index contributed by atoms with van der Waals surface area (Å²) in [4.78, 5) is 20.8. The number of carbonyl (C=O) groups is 1. The van der Waals surface area contributed by atoms with Gasteiger partial charge in [0.05, 0.1) is 10.7 Å². The second-order valence-electron chi connectivity index (χ2n) is 6.19. The van der Waals surface area contributed by atoms with Gasteiger partial charge in [0.25, 0.3) is 0 Å². The number of anilines is 1. The van der Waals surface area contributed by atoms with E-state index in [0.717, 1.165) is 22.0 Å². The van der Waals surface area contributed by atoms with Crippen LogP contribution in [0.3, 0.4) is 0 Å². The molecule has 0 aliphatic heterocycles. The van der Waals surface area contributed by atoms with Crippen molar-refractivity contribution in [1.29, 1.82) is 0 Å². The fraction of sp³-hybridized carbons (Fsp3) is 0.250. The number of amides is 1. The molecular formula is C20H21N3OS. The van der Waals surface area contributed by atoms with E-state index in [-0.39, 0.29) is 5.91 Å². The minimum absolute atomic E-state index is 0.00965.